The van der Waals surface area contributed by atoms with Gasteiger partial charge in [0.15, 0.2) is 0 Å². The van der Waals surface area contributed by atoms with Crippen LogP contribution in [0.1, 0.15) is 31.2 Å². The molecule has 2 fully saturated rings. The predicted molar refractivity (Wildman–Crippen MR) is 90.3 cm³/mol. The number of nitro benzene ring substituents is 1. The fraction of sp³-hybridized carbons (Fsp3) is 0.588. The van der Waals surface area contributed by atoms with Crippen molar-refractivity contribution in [1.82, 2.24) is 10.2 Å². The molecule has 1 aromatic carbocycles. The van der Waals surface area contributed by atoms with Crippen molar-refractivity contribution in [2.24, 2.45) is 0 Å². The predicted octanol–water partition coefficient (Wildman–Crippen LogP) is 2.29. The molecule has 2 unspecified atom stereocenters. The molecule has 24 heavy (non-hydrogen) atoms. The summed E-state index contributed by atoms with van der Waals surface area (Å²) >= 11 is 0. The number of rotatable bonds is 2. The summed E-state index contributed by atoms with van der Waals surface area (Å²) in [5.74, 6) is 0. The number of benzene rings is 1. The summed E-state index contributed by atoms with van der Waals surface area (Å²) in [5, 5.41) is 14.1. The van der Waals surface area contributed by atoms with E-state index < -0.39 is 4.92 Å². The van der Waals surface area contributed by atoms with Crippen molar-refractivity contribution in [3.63, 3.8) is 0 Å². The van der Waals surface area contributed by atoms with Gasteiger partial charge in [-0.2, -0.15) is 0 Å². The summed E-state index contributed by atoms with van der Waals surface area (Å²) in [6.07, 6.45) is 5.15. The van der Waals surface area contributed by atoms with Gasteiger partial charge < -0.3 is 10.2 Å². The number of piperidine rings is 1. The summed E-state index contributed by atoms with van der Waals surface area (Å²) in [7, 11) is 2.18. The van der Waals surface area contributed by atoms with Gasteiger partial charge in [0.05, 0.1) is 4.92 Å². The van der Waals surface area contributed by atoms with Crippen molar-refractivity contribution < 1.29 is 9.72 Å². The summed E-state index contributed by atoms with van der Waals surface area (Å²) in [6, 6.07) is 6.08. The highest BCUT2D eigenvalue weighted by atomic mass is 16.6. The van der Waals surface area contributed by atoms with Crippen molar-refractivity contribution in [2.75, 3.05) is 18.5 Å². The normalized spacial score (nSPS) is 28.7. The van der Waals surface area contributed by atoms with Crippen LogP contribution >= 0.6 is 0 Å². The van der Waals surface area contributed by atoms with Crippen LogP contribution in [0.4, 0.5) is 16.2 Å². The Morgan fingerprint density at radius 2 is 2.00 bits per heavy atom. The highest BCUT2D eigenvalue weighted by molar-refractivity contribution is 5.94. The van der Waals surface area contributed by atoms with Crippen molar-refractivity contribution in [3.8, 4) is 0 Å². The van der Waals surface area contributed by atoms with E-state index in [-0.39, 0.29) is 17.8 Å². The largest absolute Gasteiger partial charge is 0.335 e. The first-order chi connectivity index (χ1) is 11.5. The number of urea groups is 1. The Morgan fingerprint density at radius 3 is 2.67 bits per heavy atom. The quantitative estimate of drug-likeness (QED) is 0.666. The second-order valence-electron chi connectivity index (χ2n) is 7.14. The second kappa shape index (κ2) is 5.73. The molecule has 3 heterocycles. The summed E-state index contributed by atoms with van der Waals surface area (Å²) in [6.45, 7) is 0.585. The minimum absolute atomic E-state index is 0.0726. The zero-order valence-electron chi connectivity index (χ0n) is 13.8. The van der Waals surface area contributed by atoms with E-state index in [2.05, 4.69) is 17.3 Å². The van der Waals surface area contributed by atoms with Crippen molar-refractivity contribution >= 4 is 17.4 Å². The number of amides is 2. The number of carbonyl (C=O) groups excluding carboxylic acids is 1. The van der Waals surface area contributed by atoms with E-state index in [1.54, 1.807) is 17.0 Å². The van der Waals surface area contributed by atoms with Crippen LogP contribution in [-0.4, -0.2) is 47.6 Å². The smallest absolute Gasteiger partial charge is 0.322 e. The Kier molecular flexibility index (Phi) is 3.68. The van der Waals surface area contributed by atoms with Crippen LogP contribution in [0.2, 0.25) is 0 Å². The number of hydrogen-bond acceptors (Lipinski definition) is 4. The summed E-state index contributed by atoms with van der Waals surface area (Å²) in [4.78, 5) is 27.3. The number of hydrogen-bond donors (Lipinski definition) is 1. The Morgan fingerprint density at radius 1 is 1.29 bits per heavy atom. The average molecular weight is 330 g/mol. The number of nitrogens with zero attached hydrogens (tertiary/aromatic N) is 3. The van der Waals surface area contributed by atoms with E-state index in [0.29, 0.717) is 25.0 Å². The molecular formula is C17H22N4O3. The lowest BCUT2D eigenvalue weighted by Crippen LogP contribution is -2.51. The summed E-state index contributed by atoms with van der Waals surface area (Å²) in [5.41, 5.74) is 1.76. The molecule has 0 radical (unpaired) electrons. The van der Waals surface area contributed by atoms with Crippen LogP contribution in [-0.2, 0) is 6.42 Å². The molecule has 0 aliphatic carbocycles. The van der Waals surface area contributed by atoms with E-state index in [0.717, 1.165) is 24.1 Å². The molecule has 7 heteroatoms. The molecule has 4 rings (SSSR count). The maximum absolute atomic E-state index is 12.7. The van der Waals surface area contributed by atoms with Gasteiger partial charge in [-0.3, -0.25) is 15.0 Å². The van der Waals surface area contributed by atoms with Crippen molar-refractivity contribution in [2.45, 2.75) is 50.2 Å². The molecule has 3 aliphatic heterocycles. The van der Waals surface area contributed by atoms with E-state index in [9.17, 15) is 14.9 Å². The van der Waals surface area contributed by atoms with Crippen LogP contribution < -0.4 is 10.2 Å². The highest BCUT2D eigenvalue weighted by Crippen LogP contribution is 2.35. The maximum Gasteiger partial charge on any atom is 0.322 e. The topological polar surface area (TPSA) is 78.7 Å². The average Bonchev–Trinajstić information content (AvgIpc) is 3.05. The van der Waals surface area contributed by atoms with Gasteiger partial charge in [-0.25, -0.2) is 4.79 Å². The molecule has 2 atom stereocenters. The first-order valence-corrected chi connectivity index (χ1v) is 8.60. The Balaban J connectivity index is 1.45. The molecule has 128 valence electrons. The van der Waals surface area contributed by atoms with E-state index >= 15 is 0 Å². The first kappa shape index (κ1) is 15.4. The SMILES string of the molecule is CN1C2CCC1CC(NC(=O)N1CCc3cc([N+](=O)[O-])ccc31)C2. The van der Waals surface area contributed by atoms with Crippen LogP contribution in [0.5, 0.6) is 0 Å². The zero-order valence-corrected chi connectivity index (χ0v) is 13.8. The van der Waals surface area contributed by atoms with Gasteiger partial charge in [0, 0.05) is 42.5 Å². The number of fused-ring (bicyclic) bond motifs is 3. The Labute approximate surface area is 140 Å². The van der Waals surface area contributed by atoms with Crippen LogP contribution in [0.3, 0.4) is 0 Å². The Bertz CT molecular complexity index is 678. The molecule has 0 aromatic heterocycles. The third kappa shape index (κ3) is 2.53. The molecule has 7 nitrogen and oxygen atoms in total. The Hall–Kier alpha value is -2.15. The fourth-order valence-corrected chi connectivity index (χ4v) is 4.49. The van der Waals surface area contributed by atoms with E-state index in [1.807, 2.05) is 0 Å². The maximum atomic E-state index is 12.7. The van der Waals surface area contributed by atoms with Gasteiger partial charge in [0.2, 0.25) is 0 Å². The fourth-order valence-electron chi connectivity index (χ4n) is 4.49. The van der Waals surface area contributed by atoms with E-state index in [4.69, 9.17) is 0 Å². The molecular weight excluding hydrogens is 308 g/mol. The number of anilines is 1. The van der Waals surface area contributed by atoms with Crippen LogP contribution in [0.15, 0.2) is 18.2 Å². The van der Waals surface area contributed by atoms with E-state index in [1.165, 1.54) is 18.9 Å². The van der Waals surface area contributed by atoms with Crippen LogP contribution in [0.25, 0.3) is 0 Å². The zero-order chi connectivity index (χ0) is 16.8. The van der Waals surface area contributed by atoms with Gasteiger partial charge in [-0.1, -0.05) is 0 Å². The number of carbonyl (C=O) groups is 1. The molecule has 3 aliphatic rings. The van der Waals surface area contributed by atoms with Crippen molar-refractivity contribution in [3.05, 3.63) is 33.9 Å². The van der Waals surface area contributed by atoms with Gasteiger partial charge >= 0.3 is 6.03 Å². The lowest BCUT2D eigenvalue weighted by atomic mass is 9.98. The molecule has 2 bridgehead atoms. The van der Waals surface area contributed by atoms with Crippen molar-refractivity contribution in [1.29, 1.82) is 0 Å². The monoisotopic (exact) mass is 330 g/mol. The third-order valence-corrected chi connectivity index (χ3v) is 5.84. The molecule has 1 aromatic rings. The number of nitro groups is 1. The van der Waals surface area contributed by atoms with Gasteiger partial charge in [-0.15, -0.1) is 0 Å². The molecule has 1 N–H and O–H groups in total. The minimum Gasteiger partial charge on any atom is -0.335 e. The standard InChI is InChI=1S/C17H22N4O3/c1-19-13-2-3-14(19)10-12(9-13)18-17(22)20-7-6-11-8-15(21(23)24)4-5-16(11)20/h4-5,8,12-14H,2-3,6-7,9-10H2,1H3,(H,18,22). The number of nitrogens with one attached hydrogen (secondary N) is 1. The lowest BCUT2D eigenvalue weighted by Gasteiger charge is -2.37. The molecule has 0 saturated carbocycles. The molecule has 0 spiro atoms. The lowest BCUT2D eigenvalue weighted by molar-refractivity contribution is -0.384. The summed E-state index contributed by atoms with van der Waals surface area (Å²) < 4.78 is 0. The number of non-ortho nitro benzene ring substituents is 1. The van der Waals surface area contributed by atoms with Gasteiger partial charge in [-0.05, 0) is 50.8 Å². The first-order valence-electron chi connectivity index (χ1n) is 8.60. The van der Waals surface area contributed by atoms with Gasteiger partial charge in [0.25, 0.3) is 5.69 Å². The van der Waals surface area contributed by atoms with Crippen LogP contribution in [0, 0.1) is 10.1 Å². The molecule has 2 amide bonds. The molecule has 2 saturated heterocycles. The highest BCUT2D eigenvalue weighted by Gasteiger charge is 2.39. The van der Waals surface area contributed by atoms with Gasteiger partial charge in [0.1, 0.15) is 0 Å². The second-order valence-corrected chi connectivity index (χ2v) is 7.14. The minimum atomic E-state index is -0.392. The third-order valence-electron chi connectivity index (χ3n) is 5.84.